The molecule has 1 unspecified atom stereocenters. The zero-order chi connectivity index (χ0) is 24.9. The largest absolute Gasteiger partial charge is 0.350 e. The summed E-state index contributed by atoms with van der Waals surface area (Å²) < 4.78 is 15.9. The molecule has 1 atom stereocenters. The van der Waals surface area contributed by atoms with Crippen molar-refractivity contribution in [3.63, 3.8) is 0 Å². The number of para-hydroxylation sites is 1. The molecule has 0 saturated heterocycles. The molecule has 4 aromatic rings. The molecule has 2 amide bonds. The third kappa shape index (κ3) is 5.52. The summed E-state index contributed by atoms with van der Waals surface area (Å²) in [7, 11) is 0. The van der Waals surface area contributed by atoms with Crippen LogP contribution in [0.25, 0.3) is 10.9 Å². The number of rotatable bonds is 8. The minimum Gasteiger partial charge on any atom is -0.350 e. The first-order chi connectivity index (χ1) is 16.8. The molecule has 180 valence electrons. The van der Waals surface area contributed by atoms with Gasteiger partial charge in [-0.15, -0.1) is 0 Å². The average Bonchev–Trinajstić information content (AvgIpc) is 3.18. The van der Waals surface area contributed by atoms with Crippen molar-refractivity contribution in [3.8, 4) is 0 Å². The summed E-state index contributed by atoms with van der Waals surface area (Å²) in [5, 5.41) is 8.20. The van der Waals surface area contributed by atoms with Crippen LogP contribution in [0.4, 0.5) is 4.39 Å². The van der Waals surface area contributed by atoms with Crippen LogP contribution in [0.2, 0.25) is 5.02 Å². The van der Waals surface area contributed by atoms with Gasteiger partial charge in [-0.05, 0) is 31.5 Å². The highest BCUT2D eigenvalue weighted by Crippen LogP contribution is 2.22. The highest BCUT2D eigenvalue weighted by molar-refractivity contribution is 6.30. The third-order valence-corrected chi connectivity index (χ3v) is 6.31. The van der Waals surface area contributed by atoms with E-state index in [9.17, 15) is 14.0 Å². The molecule has 6 nitrogen and oxygen atoms in total. The number of nitrogens with one attached hydrogen (secondary N) is 1. The van der Waals surface area contributed by atoms with E-state index in [1.807, 2.05) is 68.4 Å². The van der Waals surface area contributed by atoms with Crippen LogP contribution in [-0.2, 0) is 22.7 Å². The van der Waals surface area contributed by atoms with Gasteiger partial charge < -0.3 is 10.2 Å². The van der Waals surface area contributed by atoms with Gasteiger partial charge in [0.05, 0.1) is 22.3 Å². The Hall–Kier alpha value is -3.71. The van der Waals surface area contributed by atoms with Crippen LogP contribution in [0.3, 0.4) is 0 Å². The second-order valence-electron chi connectivity index (χ2n) is 8.36. The Bertz CT molecular complexity index is 1360. The number of nitrogens with zero attached hydrogens (tertiary/aromatic N) is 3. The maximum Gasteiger partial charge on any atom is 0.245 e. The lowest BCUT2D eigenvalue weighted by Gasteiger charge is -2.29. The summed E-state index contributed by atoms with van der Waals surface area (Å²) in [5.74, 6) is -1.22. The summed E-state index contributed by atoms with van der Waals surface area (Å²) in [6.07, 6.45) is 0. The summed E-state index contributed by atoms with van der Waals surface area (Å²) in [5.41, 5.74) is 2.86. The second-order valence-corrected chi connectivity index (χ2v) is 8.77. The molecule has 0 aliphatic heterocycles. The quantitative estimate of drug-likeness (QED) is 0.374. The maximum atomic E-state index is 14.2. The smallest absolute Gasteiger partial charge is 0.245 e. The van der Waals surface area contributed by atoms with Gasteiger partial charge in [0.2, 0.25) is 11.8 Å². The Morgan fingerprint density at radius 3 is 2.54 bits per heavy atom. The van der Waals surface area contributed by atoms with E-state index in [4.69, 9.17) is 11.6 Å². The van der Waals surface area contributed by atoms with Gasteiger partial charge >= 0.3 is 0 Å². The molecule has 0 fully saturated rings. The topological polar surface area (TPSA) is 67.2 Å². The van der Waals surface area contributed by atoms with Crippen molar-refractivity contribution in [2.75, 3.05) is 6.54 Å². The van der Waals surface area contributed by atoms with E-state index in [1.165, 1.54) is 11.0 Å². The van der Waals surface area contributed by atoms with Crippen LogP contribution in [-0.4, -0.2) is 33.0 Å². The summed E-state index contributed by atoms with van der Waals surface area (Å²) in [6, 6.07) is 21.5. The average molecular weight is 493 g/mol. The molecule has 35 heavy (non-hydrogen) atoms. The lowest BCUT2D eigenvalue weighted by atomic mass is 10.1. The summed E-state index contributed by atoms with van der Waals surface area (Å²) >= 11 is 5.84. The zero-order valence-corrected chi connectivity index (χ0v) is 20.3. The fraction of sp³-hybridized carbons (Fsp3) is 0.222. The van der Waals surface area contributed by atoms with Crippen LogP contribution < -0.4 is 5.32 Å². The second kappa shape index (κ2) is 10.7. The predicted molar refractivity (Wildman–Crippen MR) is 134 cm³/mol. The van der Waals surface area contributed by atoms with Crippen LogP contribution >= 0.6 is 11.6 Å². The number of carbonyl (C=O) groups excluding carboxylic acids is 2. The van der Waals surface area contributed by atoms with E-state index in [0.29, 0.717) is 0 Å². The highest BCUT2D eigenvalue weighted by Gasteiger charge is 2.25. The molecule has 0 bridgehead atoms. The maximum absolute atomic E-state index is 14.2. The van der Waals surface area contributed by atoms with E-state index in [2.05, 4.69) is 10.4 Å². The molecular formula is C27H26ClFN4O2. The van der Waals surface area contributed by atoms with Gasteiger partial charge in [-0.1, -0.05) is 72.3 Å². The van der Waals surface area contributed by atoms with E-state index < -0.39 is 11.7 Å². The molecule has 8 heteroatoms. The summed E-state index contributed by atoms with van der Waals surface area (Å²) in [6.45, 7) is 3.55. The molecule has 0 aliphatic rings. The van der Waals surface area contributed by atoms with Crippen molar-refractivity contribution in [1.29, 1.82) is 0 Å². The van der Waals surface area contributed by atoms with Gasteiger partial charge in [-0.25, -0.2) is 4.39 Å². The number of aromatic nitrogens is 2. The minimum atomic E-state index is -0.569. The first kappa shape index (κ1) is 24.4. The highest BCUT2D eigenvalue weighted by atomic mass is 35.5. The normalized spacial score (nSPS) is 11.9. The number of hydrogen-bond acceptors (Lipinski definition) is 3. The van der Waals surface area contributed by atoms with Crippen LogP contribution in [0.15, 0.2) is 72.8 Å². The van der Waals surface area contributed by atoms with Crippen molar-refractivity contribution in [2.45, 2.75) is 33.0 Å². The monoisotopic (exact) mass is 492 g/mol. The molecule has 3 aromatic carbocycles. The van der Waals surface area contributed by atoms with Gasteiger partial charge in [-0.3, -0.25) is 14.3 Å². The SMILES string of the molecule is Cc1nn(CC(=O)N(CC(=O)NCc2cccc(Cl)c2F)C(C)c2ccccc2)c2ccccc12. The van der Waals surface area contributed by atoms with E-state index in [1.54, 1.807) is 16.8 Å². The molecule has 1 heterocycles. The van der Waals surface area contributed by atoms with Crippen LogP contribution in [0, 0.1) is 12.7 Å². The zero-order valence-electron chi connectivity index (χ0n) is 19.5. The van der Waals surface area contributed by atoms with Crippen molar-refractivity contribution in [3.05, 3.63) is 100 Å². The van der Waals surface area contributed by atoms with E-state index >= 15 is 0 Å². The third-order valence-electron chi connectivity index (χ3n) is 6.02. The van der Waals surface area contributed by atoms with E-state index in [0.717, 1.165) is 22.2 Å². The molecule has 0 radical (unpaired) electrons. The van der Waals surface area contributed by atoms with Gasteiger partial charge in [-0.2, -0.15) is 5.10 Å². The van der Waals surface area contributed by atoms with Crippen molar-refractivity contribution in [2.24, 2.45) is 0 Å². The molecule has 0 saturated carbocycles. The standard InChI is InChI=1S/C27H26ClFN4O2/c1-18-22-12-6-7-14-24(22)33(31-18)17-26(35)32(19(2)20-9-4-3-5-10-20)16-25(34)30-15-21-11-8-13-23(28)27(21)29/h3-14,19H,15-17H2,1-2H3,(H,30,34). The van der Waals surface area contributed by atoms with Crippen molar-refractivity contribution < 1.29 is 14.0 Å². The Morgan fingerprint density at radius 2 is 1.77 bits per heavy atom. The van der Waals surface area contributed by atoms with Crippen molar-refractivity contribution in [1.82, 2.24) is 20.0 Å². The lowest BCUT2D eigenvalue weighted by Crippen LogP contribution is -2.43. The first-order valence-electron chi connectivity index (χ1n) is 11.3. The van der Waals surface area contributed by atoms with Gasteiger partial charge in [0, 0.05) is 17.5 Å². The fourth-order valence-electron chi connectivity index (χ4n) is 4.07. The number of fused-ring (bicyclic) bond motifs is 1. The van der Waals surface area contributed by atoms with Crippen LogP contribution in [0.1, 0.15) is 29.8 Å². The number of benzene rings is 3. The molecule has 1 aromatic heterocycles. The lowest BCUT2D eigenvalue weighted by molar-refractivity contribution is -0.138. The minimum absolute atomic E-state index is 0.00649. The number of amides is 2. The number of aryl methyl sites for hydroxylation is 1. The molecule has 4 rings (SSSR count). The first-order valence-corrected chi connectivity index (χ1v) is 11.7. The van der Waals surface area contributed by atoms with E-state index in [-0.39, 0.29) is 42.2 Å². The molecule has 1 N–H and O–H groups in total. The molecule has 0 spiro atoms. The van der Waals surface area contributed by atoms with Gasteiger partial charge in [0.1, 0.15) is 18.9 Å². The number of carbonyl (C=O) groups is 2. The Labute approximate surface area is 208 Å². The molecule has 0 aliphatic carbocycles. The van der Waals surface area contributed by atoms with Crippen LogP contribution in [0.5, 0.6) is 0 Å². The Morgan fingerprint density at radius 1 is 1.06 bits per heavy atom. The Balaban J connectivity index is 1.54. The molecular weight excluding hydrogens is 467 g/mol. The predicted octanol–water partition coefficient (Wildman–Crippen LogP) is 5.04. The fourth-order valence-corrected chi connectivity index (χ4v) is 4.27. The number of hydrogen-bond donors (Lipinski definition) is 1. The van der Waals surface area contributed by atoms with Crippen molar-refractivity contribution >= 4 is 34.3 Å². The van der Waals surface area contributed by atoms with Gasteiger partial charge in [0.25, 0.3) is 0 Å². The Kier molecular flexibility index (Phi) is 7.46. The van der Waals surface area contributed by atoms with Gasteiger partial charge in [0.15, 0.2) is 0 Å². The summed E-state index contributed by atoms with van der Waals surface area (Å²) in [4.78, 5) is 27.9. The number of halogens is 2.